The van der Waals surface area contributed by atoms with E-state index in [-0.39, 0.29) is 11.8 Å². The lowest BCUT2D eigenvalue weighted by molar-refractivity contribution is -0.125. The monoisotopic (exact) mass is 379 g/mol. The first kappa shape index (κ1) is 16.6. The Hall–Kier alpha value is -2.54. The molecule has 2 fully saturated rings. The average molecular weight is 379 g/mol. The van der Waals surface area contributed by atoms with Crippen LogP contribution in [-0.2, 0) is 4.79 Å². The number of nitrogens with zero attached hydrogens (tertiary/aromatic N) is 4. The molecule has 0 aromatic carbocycles. The minimum absolute atomic E-state index is 0.145. The van der Waals surface area contributed by atoms with E-state index in [9.17, 15) is 4.79 Å². The van der Waals surface area contributed by atoms with Gasteiger partial charge < -0.3 is 10.2 Å². The van der Waals surface area contributed by atoms with Gasteiger partial charge in [0.2, 0.25) is 5.91 Å². The van der Waals surface area contributed by atoms with Gasteiger partial charge in [0, 0.05) is 43.0 Å². The molecule has 0 atom stereocenters. The summed E-state index contributed by atoms with van der Waals surface area (Å²) >= 11 is 1.63. The smallest absolute Gasteiger partial charge is 0.223 e. The zero-order valence-electron chi connectivity index (χ0n) is 15.0. The van der Waals surface area contributed by atoms with Gasteiger partial charge in [0.1, 0.15) is 10.3 Å². The van der Waals surface area contributed by atoms with Crippen LogP contribution < -0.4 is 10.2 Å². The molecule has 1 aliphatic heterocycles. The fourth-order valence-corrected chi connectivity index (χ4v) is 4.49. The van der Waals surface area contributed by atoms with E-state index in [4.69, 9.17) is 9.97 Å². The lowest BCUT2D eigenvalue weighted by Gasteiger charge is -2.30. The number of piperidine rings is 1. The van der Waals surface area contributed by atoms with E-state index in [0.29, 0.717) is 6.04 Å². The van der Waals surface area contributed by atoms with Crippen LogP contribution in [0, 0.1) is 5.92 Å². The van der Waals surface area contributed by atoms with Crippen LogP contribution in [0.25, 0.3) is 21.6 Å². The molecular formula is C20H21N5OS. The molecule has 5 rings (SSSR count). The number of hydrogen-bond acceptors (Lipinski definition) is 6. The molecular weight excluding hydrogens is 358 g/mol. The predicted molar refractivity (Wildman–Crippen MR) is 107 cm³/mol. The summed E-state index contributed by atoms with van der Waals surface area (Å²) < 4.78 is 0. The fourth-order valence-electron chi connectivity index (χ4n) is 3.50. The molecule has 27 heavy (non-hydrogen) atoms. The van der Waals surface area contributed by atoms with Crippen molar-refractivity contribution in [2.75, 3.05) is 18.0 Å². The molecule has 1 aliphatic carbocycles. The molecule has 3 aromatic heterocycles. The fraction of sp³-hybridized carbons (Fsp3) is 0.400. The molecule has 6 nitrogen and oxygen atoms in total. The molecule has 7 heteroatoms. The first-order valence-corrected chi connectivity index (χ1v) is 10.3. The summed E-state index contributed by atoms with van der Waals surface area (Å²) in [6, 6.07) is 8.40. The van der Waals surface area contributed by atoms with Crippen molar-refractivity contribution in [3.05, 3.63) is 36.7 Å². The van der Waals surface area contributed by atoms with Crippen molar-refractivity contribution in [1.82, 2.24) is 20.3 Å². The van der Waals surface area contributed by atoms with Crippen molar-refractivity contribution >= 4 is 32.7 Å². The number of amides is 1. The Labute approximate surface area is 161 Å². The third kappa shape index (κ3) is 3.51. The molecule has 2 aliphatic rings. The standard InChI is InChI=1S/C20H21N5OS/c26-18(22-15-3-4-15)13-7-10-25(11-8-13)20-24-17-6-5-16(23-19(17)27-20)14-2-1-9-21-12-14/h1-2,5-6,9,12-13,15H,3-4,7-8,10-11H2,(H,22,26). The molecule has 0 radical (unpaired) electrons. The van der Waals surface area contributed by atoms with E-state index < -0.39 is 0 Å². The van der Waals surface area contributed by atoms with Crippen molar-refractivity contribution in [3.8, 4) is 11.3 Å². The topological polar surface area (TPSA) is 71.0 Å². The second-order valence-electron chi connectivity index (χ2n) is 7.30. The number of carbonyl (C=O) groups is 1. The lowest BCUT2D eigenvalue weighted by atomic mass is 9.96. The van der Waals surface area contributed by atoms with Gasteiger partial charge in [0.25, 0.3) is 0 Å². The van der Waals surface area contributed by atoms with E-state index >= 15 is 0 Å². The number of pyridine rings is 2. The predicted octanol–water partition coefficient (Wildman–Crippen LogP) is 3.25. The Bertz CT molecular complexity index is 961. The summed E-state index contributed by atoms with van der Waals surface area (Å²) in [6.07, 6.45) is 7.66. The minimum Gasteiger partial charge on any atom is -0.353 e. The van der Waals surface area contributed by atoms with E-state index in [0.717, 1.165) is 65.5 Å². The SMILES string of the molecule is O=C(NC1CC1)C1CCN(c2nc3ccc(-c4cccnc4)nc3s2)CC1. The Morgan fingerprint density at radius 3 is 2.70 bits per heavy atom. The number of fused-ring (bicyclic) bond motifs is 1. The maximum atomic E-state index is 12.2. The minimum atomic E-state index is 0.145. The summed E-state index contributed by atoms with van der Waals surface area (Å²) in [6.45, 7) is 1.75. The molecule has 1 amide bonds. The van der Waals surface area contributed by atoms with Crippen molar-refractivity contribution in [2.24, 2.45) is 5.92 Å². The van der Waals surface area contributed by atoms with Gasteiger partial charge in [-0.3, -0.25) is 9.78 Å². The van der Waals surface area contributed by atoms with Gasteiger partial charge in [-0.25, -0.2) is 9.97 Å². The van der Waals surface area contributed by atoms with Crippen LogP contribution in [0.5, 0.6) is 0 Å². The largest absolute Gasteiger partial charge is 0.353 e. The third-order valence-electron chi connectivity index (χ3n) is 5.26. The maximum Gasteiger partial charge on any atom is 0.223 e. The van der Waals surface area contributed by atoms with Crippen LogP contribution >= 0.6 is 11.3 Å². The van der Waals surface area contributed by atoms with Crippen LogP contribution in [0.1, 0.15) is 25.7 Å². The van der Waals surface area contributed by atoms with Crippen LogP contribution in [0.3, 0.4) is 0 Å². The third-order valence-corrected chi connectivity index (χ3v) is 6.29. The summed E-state index contributed by atoms with van der Waals surface area (Å²) in [5.41, 5.74) is 2.86. The summed E-state index contributed by atoms with van der Waals surface area (Å²) in [5.74, 6) is 0.385. The maximum absolute atomic E-state index is 12.2. The number of thiazole rings is 1. The van der Waals surface area contributed by atoms with Gasteiger partial charge in [-0.05, 0) is 49.9 Å². The molecule has 4 heterocycles. The highest BCUT2D eigenvalue weighted by Gasteiger charge is 2.30. The quantitative estimate of drug-likeness (QED) is 0.753. The van der Waals surface area contributed by atoms with Gasteiger partial charge >= 0.3 is 0 Å². The number of nitrogens with one attached hydrogen (secondary N) is 1. The Morgan fingerprint density at radius 2 is 1.96 bits per heavy atom. The van der Waals surface area contributed by atoms with Crippen LogP contribution in [0.15, 0.2) is 36.7 Å². The van der Waals surface area contributed by atoms with Crippen molar-refractivity contribution in [3.63, 3.8) is 0 Å². The first-order valence-electron chi connectivity index (χ1n) is 9.49. The second kappa shape index (κ2) is 6.88. The van der Waals surface area contributed by atoms with Crippen LogP contribution in [-0.4, -0.2) is 40.0 Å². The molecule has 0 spiro atoms. The number of rotatable bonds is 4. The highest BCUT2D eigenvalue weighted by atomic mass is 32.1. The molecule has 0 unspecified atom stereocenters. The van der Waals surface area contributed by atoms with E-state index in [1.165, 1.54) is 0 Å². The van der Waals surface area contributed by atoms with Gasteiger partial charge in [0.05, 0.1) is 5.69 Å². The van der Waals surface area contributed by atoms with Gasteiger partial charge in [-0.2, -0.15) is 0 Å². The average Bonchev–Trinajstić information content (AvgIpc) is 3.43. The van der Waals surface area contributed by atoms with E-state index in [2.05, 4.69) is 15.2 Å². The Balaban J connectivity index is 1.30. The Kier molecular flexibility index (Phi) is 4.24. The van der Waals surface area contributed by atoms with Crippen LogP contribution in [0.2, 0.25) is 0 Å². The van der Waals surface area contributed by atoms with Crippen molar-refractivity contribution < 1.29 is 4.79 Å². The number of carbonyl (C=O) groups excluding carboxylic acids is 1. The summed E-state index contributed by atoms with van der Waals surface area (Å²) in [4.78, 5) is 29.2. The zero-order valence-corrected chi connectivity index (χ0v) is 15.8. The van der Waals surface area contributed by atoms with Gasteiger partial charge in [0.15, 0.2) is 5.13 Å². The molecule has 1 N–H and O–H groups in total. The van der Waals surface area contributed by atoms with Crippen molar-refractivity contribution in [1.29, 1.82) is 0 Å². The molecule has 0 bridgehead atoms. The highest BCUT2D eigenvalue weighted by Crippen LogP contribution is 2.32. The Morgan fingerprint density at radius 1 is 1.11 bits per heavy atom. The normalized spacial score (nSPS) is 18.0. The molecule has 3 aromatic rings. The molecule has 138 valence electrons. The van der Waals surface area contributed by atoms with E-state index in [1.54, 1.807) is 17.5 Å². The lowest BCUT2D eigenvalue weighted by Crippen LogP contribution is -2.41. The number of hydrogen-bond donors (Lipinski definition) is 1. The zero-order chi connectivity index (χ0) is 18.2. The summed E-state index contributed by atoms with van der Waals surface area (Å²) in [5, 5.41) is 4.14. The number of aromatic nitrogens is 3. The second-order valence-corrected chi connectivity index (χ2v) is 8.26. The van der Waals surface area contributed by atoms with Crippen molar-refractivity contribution in [2.45, 2.75) is 31.7 Å². The molecule has 1 saturated carbocycles. The molecule has 1 saturated heterocycles. The van der Waals surface area contributed by atoms with Gasteiger partial charge in [-0.1, -0.05) is 11.3 Å². The van der Waals surface area contributed by atoms with Gasteiger partial charge in [-0.15, -0.1) is 0 Å². The number of anilines is 1. The first-order chi connectivity index (χ1) is 13.3. The van der Waals surface area contributed by atoms with Crippen LogP contribution in [0.4, 0.5) is 5.13 Å². The highest BCUT2D eigenvalue weighted by molar-refractivity contribution is 7.21. The van der Waals surface area contributed by atoms with E-state index in [1.807, 2.05) is 30.5 Å². The summed E-state index contributed by atoms with van der Waals surface area (Å²) in [7, 11) is 0.